The molecule has 2 aliphatic heterocycles. The van der Waals surface area contributed by atoms with Crippen molar-refractivity contribution in [3.05, 3.63) is 106 Å². The summed E-state index contributed by atoms with van der Waals surface area (Å²) in [6.45, 7) is 9.32. The van der Waals surface area contributed by atoms with Crippen molar-refractivity contribution in [1.29, 1.82) is 0 Å². The minimum absolute atomic E-state index is 0.0289. The summed E-state index contributed by atoms with van der Waals surface area (Å²) in [5.41, 5.74) is 1.93. The number of sulfonamides is 1. The molecule has 39 heavy (non-hydrogen) atoms. The maximum atomic E-state index is 15.6. The summed E-state index contributed by atoms with van der Waals surface area (Å²) in [6.07, 6.45) is 11.4. The molecule has 7 nitrogen and oxygen atoms in total. The van der Waals surface area contributed by atoms with Crippen LogP contribution in [-0.4, -0.2) is 42.2 Å². The second-order valence-electron chi connectivity index (χ2n) is 10.4. The Morgan fingerprint density at radius 3 is 2.67 bits per heavy atom. The minimum Gasteiger partial charge on any atom is -0.381 e. The number of pyridine rings is 1. The van der Waals surface area contributed by atoms with Crippen LogP contribution in [0.5, 0.6) is 0 Å². The van der Waals surface area contributed by atoms with E-state index in [9.17, 15) is 13.2 Å². The van der Waals surface area contributed by atoms with E-state index in [0.717, 1.165) is 11.1 Å². The van der Waals surface area contributed by atoms with Gasteiger partial charge in [0.1, 0.15) is 11.1 Å². The zero-order valence-corrected chi connectivity index (χ0v) is 23.5. The number of nitrogens with zero attached hydrogens (tertiary/aromatic N) is 1. The maximum absolute atomic E-state index is 15.6. The van der Waals surface area contributed by atoms with Gasteiger partial charge >= 0.3 is 0 Å². The molecule has 0 spiro atoms. The van der Waals surface area contributed by atoms with Gasteiger partial charge in [0.25, 0.3) is 0 Å². The van der Waals surface area contributed by atoms with E-state index >= 15 is 4.39 Å². The molecule has 2 fully saturated rings. The number of rotatable bonds is 9. The number of nitrogens with one attached hydrogen (secondary N) is 2. The number of hydrogen-bond donors (Lipinski definition) is 2. The summed E-state index contributed by atoms with van der Waals surface area (Å²) in [4.78, 5) is 14.1. The van der Waals surface area contributed by atoms with Crippen molar-refractivity contribution >= 4 is 10.0 Å². The predicted molar refractivity (Wildman–Crippen MR) is 152 cm³/mol. The van der Waals surface area contributed by atoms with Crippen molar-refractivity contribution in [3.8, 4) is 0 Å². The van der Waals surface area contributed by atoms with Gasteiger partial charge in [-0.05, 0) is 62.3 Å². The van der Waals surface area contributed by atoms with Crippen molar-refractivity contribution in [2.75, 3.05) is 13.2 Å². The molecule has 0 aliphatic carbocycles. The van der Waals surface area contributed by atoms with Crippen LogP contribution in [0.3, 0.4) is 0 Å². The molecule has 9 heteroatoms. The van der Waals surface area contributed by atoms with Crippen LogP contribution in [0, 0.1) is 5.82 Å². The van der Waals surface area contributed by atoms with Crippen LogP contribution in [0.4, 0.5) is 4.39 Å². The number of H-pyrrole nitrogens is 1. The first kappa shape index (κ1) is 29.1. The van der Waals surface area contributed by atoms with Gasteiger partial charge in [-0.25, -0.2) is 12.8 Å². The molecule has 4 rings (SSSR count). The molecule has 2 atom stereocenters. The number of aromatic amines is 1. The first-order valence-corrected chi connectivity index (χ1v) is 14.9. The third kappa shape index (κ3) is 6.66. The number of ether oxygens (including phenoxy) is 1. The van der Waals surface area contributed by atoms with Crippen molar-refractivity contribution < 1.29 is 17.5 Å². The molecule has 2 aliphatic rings. The van der Waals surface area contributed by atoms with Gasteiger partial charge in [-0.2, -0.15) is 4.31 Å². The highest BCUT2D eigenvalue weighted by atomic mass is 32.2. The van der Waals surface area contributed by atoms with Crippen LogP contribution in [0.25, 0.3) is 0 Å². The Labute approximate surface area is 230 Å². The molecule has 0 saturated carbocycles. The van der Waals surface area contributed by atoms with E-state index in [-0.39, 0.29) is 18.1 Å². The number of aromatic nitrogens is 1. The summed E-state index contributed by atoms with van der Waals surface area (Å²) in [6, 6.07) is 8.13. The van der Waals surface area contributed by atoms with E-state index in [0.29, 0.717) is 56.6 Å². The first-order valence-electron chi connectivity index (χ1n) is 13.4. The van der Waals surface area contributed by atoms with Crippen molar-refractivity contribution in [3.63, 3.8) is 0 Å². The molecule has 2 aromatic rings. The molecule has 2 saturated heterocycles. The molecule has 0 bridgehead atoms. The van der Waals surface area contributed by atoms with Crippen LogP contribution in [-0.2, 0) is 33.4 Å². The molecule has 210 valence electrons. The highest BCUT2D eigenvalue weighted by Gasteiger charge is 2.41. The fourth-order valence-corrected chi connectivity index (χ4v) is 7.52. The molecule has 1 aromatic carbocycles. The van der Waals surface area contributed by atoms with Crippen LogP contribution in [0.15, 0.2) is 77.8 Å². The Kier molecular flexibility index (Phi) is 9.38. The summed E-state index contributed by atoms with van der Waals surface area (Å²) >= 11 is 0. The lowest BCUT2D eigenvalue weighted by atomic mass is 9.82. The van der Waals surface area contributed by atoms with Gasteiger partial charge in [0, 0.05) is 55.7 Å². The average Bonchev–Trinajstić information content (AvgIpc) is 2.92. The van der Waals surface area contributed by atoms with Crippen molar-refractivity contribution in [1.82, 2.24) is 14.6 Å². The van der Waals surface area contributed by atoms with Crippen LogP contribution >= 0.6 is 0 Å². The lowest BCUT2D eigenvalue weighted by Crippen LogP contribution is -2.48. The minimum atomic E-state index is -3.71. The lowest BCUT2D eigenvalue weighted by Gasteiger charge is -2.39. The Morgan fingerprint density at radius 2 is 2.00 bits per heavy atom. The van der Waals surface area contributed by atoms with Crippen LogP contribution in [0.1, 0.15) is 56.2 Å². The quantitative estimate of drug-likeness (QED) is 0.439. The molecule has 3 heterocycles. The Bertz CT molecular complexity index is 1370. The SMILES string of the molecule is C=C(/C=C\C=C/C)[C@H]1CC[C@H](C)N(Cc2ccc(C3(NCc4ccc(=O)[nH]c4)CCOCC3)cc2F)S1(=O)=O. The summed E-state index contributed by atoms with van der Waals surface area (Å²) in [7, 11) is -3.71. The summed E-state index contributed by atoms with van der Waals surface area (Å²) in [5, 5.41) is 2.86. The van der Waals surface area contributed by atoms with Crippen molar-refractivity contribution in [2.24, 2.45) is 0 Å². The number of allylic oxidation sites excluding steroid dienone is 4. The van der Waals surface area contributed by atoms with Gasteiger partial charge in [-0.3, -0.25) is 4.79 Å². The molecule has 0 unspecified atom stereocenters. The van der Waals surface area contributed by atoms with E-state index in [1.165, 1.54) is 16.4 Å². The van der Waals surface area contributed by atoms with Gasteiger partial charge in [0.05, 0.1) is 0 Å². The van der Waals surface area contributed by atoms with Crippen LogP contribution in [0.2, 0.25) is 0 Å². The Balaban J connectivity index is 1.55. The maximum Gasteiger partial charge on any atom is 0.247 e. The topological polar surface area (TPSA) is 91.5 Å². The number of halogens is 1. The van der Waals surface area contributed by atoms with E-state index in [1.807, 2.05) is 32.1 Å². The Morgan fingerprint density at radius 1 is 1.23 bits per heavy atom. The third-order valence-electron chi connectivity index (χ3n) is 7.81. The van der Waals surface area contributed by atoms with Gasteiger partial charge < -0.3 is 15.0 Å². The molecule has 1 aromatic heterocycles. The van der Waals surface area contributed by atoms with E-state index in [1.54, 1.807) is 30.5 Å². The van der Waals surface area contributed by atoms with Gasteiger partial charge in [-0.15, -0.1) is 0 Å². The van der Waals surface area contributed by atoms with Crippen LogP contribution < -0.4 is 10.9 Å². The number of benzene rings is 1. The first-order chi connectivity index (χ1) is 18.7. The second kappa shape index (κ2) is 12.6. The van der Waals surface area contributed by atoms with Gasteiger partial charge in [-0.1, -0.05) is 49.1 Å². The molecular weight excluding hydrogens is 517 g/mol. The molecule has 2 N–H and O–H groups in total. The van der Waals surface area contributed by atoms with Gasteiger partial charge in [0.2, 0.25) is 15.6 Å². The lowest BCUT2D eigenvalue weighted by molar-refractivity contribution is 0.0356. The zero-order valence-electron chi connectivity index (χ0n) is 22.7. The fourth-order valence-electron chi connectivity index (χ4n) is 5.37. The monoisotopic (exact) mass is 555 g/mol. The Hall–Kier alpha value is -2.85. The second-order valence-corrected chi connectivity index (χ2v) is 12.4. The predicted octanol–water partition coefficient (Wildman–Crippen LogP) is 4.68. The smallest absolute Gasteiger partial charge is 0.247 e. The summed E-state index contributed by atoms with van der Waals surface area (Å²) in [5.74, 6) is -0.430. The van der Waals surface area contributed by atoms with Gasteiger partial charge in [0.15, 0.2) is 0 Å². The normalized spacial score (nSPS) is 23.4. The highest BCUT2D eigenvalue weighted by molar-refractivity contribution is 7.90. The molecule has 0 radical (unpaired) electrons. The average molecular weight is 556 g/mol. The summed E-state index contributed by atoms with van der Waals surface area (Å²) < 4.78 is 49.8. The highest BCUT2D eigenvalue weighted by Crippen LogP contribution is 2.35. The third-order valence-corrected chi connectivity index (χ3v) is 10.2. The zero-order chi connectivity index (χ0) is 28.0. The van der Waals surface area contributed by atoms with E-state index in [4.69, 9.17) is 4.74 Å². The van der Waals surface area contributed by atoms with E-state index < -0.39 is 26.6 Å². The largest absolute Gasteiger partial charge is 0.381 e. The van der Waals surface area contributed by atoms with Crippen molar-refractivity contribution in [2.45, 2.75) is 69.5 Å². The fraction of sp³-hybridized carbons (Fsp3) is 0.433. The standard InChI is InChI=1S/C30H38FN3O4S/c1-4-5-6-7-22(2)28-12-8-23(3)34(39(28,36)37)21-25-10-11-26(18-27(25)31)30(14-16-38-17-15-30)33-20-24-9-13-29(35)32-19-24/h4-7,9-11,13,18-19,23,28,33H,2,8,12,14-17,20-21H2,1,3H3,(H,32,35)/b5-4-,7-6-/t23-,28+/m0/s1. The number of hydrogen-bond acceptors (Lipinski definition) is 5. The molecular formula is C30H38FN3O4S. The van der Waals surface area contributed by atoms with E-state index in [2.05, 4.69) is 16.9 Å². The molecule has 0 amide bonds.